The van der Waals surface area contributed by atoms with Gasteiger partial charge in [0.05, 0.1) is 5.69 Å². The van der Waals surface area contributed by atoms with Crippen molar-refractivity contribution in [2.45, 2.75) is 39.7 Å². The highest BCUT2D eigenvalue weighted by Crippen LogP contribution is 2.17. The lowest BCUT2D eigenvalue weighted by Crippen LogP contribution is -2.11. The van der Waals surface area contributed by atoms with Crippen LogP contribution >= 0.6 is 15.9 Å². The standard InChI is InChI=1S/C16H19BrN2O/c1-3-13-10-14(19(4-2)18-13)11-15(20)9-12-7-5-6-8-16(12)17/h5-8,10H,3-4,9,11H2,1-2H3. The monoisotopic (exact) mass is 334 g/mol. The van der Waals surface area contributed by atoms with E-state index in [-0.39, 0.29) is 5.78 Å². The van der Waals surface area contributed by atoms with Crippen LogP contribution in [0, 0.1) is 0 Å². The minimum Gasteiger partial charge on any atom is -0.299 e. The molecule has 0 amide bonds. The SMILES string of the molecule is CCc1cc(CC(=O)Cc2ccccc2Br)n(CC)n1. The van der Waals surface area contributed by atoms with Gasteiger partial charge in [-0.3, -0.25) is 9.48 Å². The smallest absolute Gasteiger partial charge is 0.143 e. The Morgan fingerprint density at radius 2 is 2.00 bits per heavy atom. The lowest BCUT2D eigenvalue weighted by molar-refractivity contribution is -0.117. The Morgan fingerprint density at radius 1 is 1.25 bits per heavy atom. The molecule has 1 aromatic carbocycles. The van der Waals surface area contributed by atoms with Crippen molar-refractivity contribution in [2.24, 2.45) is 0 Å². The molecule has 0 unspecified atom stereocenters. The number of carbonyl (C=O) groups is 1. The molecule has 0 radical (unpaired) electrons. The summed E-state index contributed by atoms with van der Waals surface area (Å²) < 4.78 is 2.92. The quantitative estimate of drug-likeness (QED) is 0.809. The van der Waals surface area contributed by atoms with Crippen LogP contribution in [-0.2, 0) is 30.6 Å². The zero-order valence-corrected chi connectivity index (χ0v) is 13.5. The second-order valence-electron chi connectivity index (χ2n) is 4.78. The number of hydrogen-bond donors (Lipinski definition) is 0. The summed E-state index contributed by atoms with van der Waals surface area (Å²) in [6.07, 6.45) is 1.80. The Morgan fingerprint density at radius 3 is 2.65 bits per heavy atom. The molecule has 2 rings (SSSR count). The molecule has 20 heavy (non-hydrogen) atoms. The van der Waals surface area contributed by atoms with Crippen LogP contribution in [0.1, 0.15) is 30.8 Å². The van der Waals surface area contributed by atoms with Gasteiger partial charge in [-0.05, 0) is 31.0 Å². The fourth-order valence-electron chi connectivity index (χ4n) is 2.22. The Balaban J connectivity index is 2.08. The van der Waals surface area contributed by atoms with Crippen molar-refractivity contribution in [1.29, 1.82) is 0 Å². The zero-order valence-electron chi connectivity index (χ0n) is 11.9. The van der Waals surface area contributed by atoms with Crippen molar-refractivity contribution in [1.82, 2.24) is 9.78 Å². The van der Waals surface area contributed by atoms with Crippen LogP contribution in [0.25, 0.3) is 0 Å². The van der Waals surface area contributed by atoms with Crippen molar-refractivity contribution in [3.05, 3.63) is 51.8 Å². The number of nitrogens with zero attached hydrogens (tertiary/aromatic N) is 2. The normalized spacial score (nSPS) is 10.8. The summed E-state index contributed by atoms with van der Waals surface area (Å²) in [5.41, 5.74) is 3.10. The predicted octanol–water partition coefficient (Wildman–Crippen LogP) is 3.58. The molecule has 0 aliphatic heterocycles. The Bertz CT molecular complexity index is 604. The van der Waals surface area contributed by atoms with Gasteiger partial charge in [-0.2, -0.15) is 5.10 Å². The number of Topliss-reactive ketones (excluding diaryl/α,β-unsaturated/α-hetero) is 1. The Hall–Kier alpha value is -1.42. The van der Waals surface area contributed by atoms with E-state index in [0.29, 0.717) is 12.8 Å². The van der Waals surface area contributed by atoms with Crippen LogP contribution in [0.3, 0.4) is 0 Å². The summed E-state index contributed by atoms with van der Waals surface area (Å²) >= 11 is 3.48. The van der Waals surface area contributed by atoms with E-state index in [9.17, 15) is 4.79 Å². The first-order valence-corrected chi connectivity index (χ1v) is 7.74. The van der Waals surface area contributed by atoms with Crippen molar-refractivity contribution < 1.29 is 4.79 Å². The van der Waals surface area contributed by atoms with Crippen molar-refractivity contribution >= 4 is 21.7 Å². The molecule has 0 bridgehead atoms. The molecule has 106 valence electrons. The molecule has 0 atom stereocenters. The molecule has 4 heteroatoms. The van der Waals surface area contributed by atoms with E-state index < -0.39 is 0 Å². The molecule has 0 saturated heterocycles. The molecule has 0 fully saturated rings. The molecule has 1 heterocycles. The fourth-order valence-corrected chi connectivity index (χ4v) is 2.65. The maximum absolute atomic E-state index is 12.2. The summed E-state index contributed by atoms with van der Waals surface area (Å²) in [6.45, 7) is 4.93. The third-order valence-electron chi connectivity index (χ3n) is 3.30. The summed E-state index contributed by atoms with van der Waals surface area (Å²) in [5, 5.41) is 4.48. The third-order valence-corrected chi connectivity index (χ3v) is 4.07. The van der Waals surface area contributed by atoms with Gasteiger partial charge in [0.15, 0.2) is 0 Å². The van der Waals surface area contributed by atoms with E-state index in [1.165, 1.54) is 0 Å². The molecule has 0 saturated carbocycles. The lowest BCUT2D eigenvalue weighted by Gasteiger charge is -2.05. The Labute approximate surface area is 128 Å². The number of carbonyl (C=O) groups excluding carboxylic acids is 1. The van der Waals surface area contributed by atoms with Crippen LogP contribution in [0.15, 0.2) is 34.8 Å². The first-order valence-electron chi connectivity index (χ1n) is 6.94. The fraction of sp³-hybridized carbons (Fsp3) is 0.375. The molecule has 0 spiro atoms. The lowest BCUT2D eigenvalue weighted by atomic mass is 10.1. The van der Waals surface area contributed by atoms with Crippen LogP contribution in [0.5, 0.6) is 0 Å². The molecule has 0 aliphatic rings. The molecular formula is C16H19BrN2O. The number of aromatic nitrogens is 2. The molecule has 0 N–H and O–H groups in total. The summed E-state index contributed by atoms with van der Waals surface area (Å²) in [6, 6.07) is 9.91. The molecule has 1 aromatic heterocycles. The summed E-state index contributed by atoms with van der Waals surface area (Å²) in [5.74, 6) is 0.217. The van der Waals surface area contributed by atoms with Gasteiger partial charge in [0.1, 0.15) is 5.78 Å². The minimum atomic E-state index is 0.217. The number of hydrogen-bond acceptors (Lipinski definition) is 2. The first-order chi connectivity index (χ1) is 9.63. The number of aryl methyl sites for hydroxylation is 2. The zero-order chi connectivity index (χ0) is 14.5. The van der Waals surface area contributed by atoms with E-state index in [1.807, 2.05) is 41.9 Å². The average molecular weight is 335 g/mol. The average Bonchev–Trinajstić information content (AvgIpc) is 2.83. The molecule has 3 nitrogen and oxygen atoms in total. The van der Waals surface area contributed by atoms with Crippen LogP contribution < -0.4 is 0 Å². The molecule has 0 aliphatic carbocycles. The largest absolute Gasteiger partial charge is 0.299 e. The maximum atomic E-state index is 12.2. The van der Waals surface area contributed by atoms with Crippen LogP contribution in [0.2, 0.25) is 0 Å². The van der Waals surface area contributed by atoms with Gasteiger partial charge in [0, 0.05) is 29.6 Å². The van der Waals surface area contributed by atoms with Gasteiger partial charge in [-0.25, -0.2) is 0 Å². The van der Waals surface area contributed by atoms with Gasteiger partial charge < -0.3 is 0 Å². The van der Waals surface area contributed by atoms with Crippen LogP contribution in [0.4, 0.5) is 0 Å². The number of rotatable bonds is 6. The van der Waals surface area contributed by atoms with E-state index in [2.05, 4.69) is 28.0 Å². The van der Waals surface area contributed by atoms with Gasteiger partial charge >= 0.3 is 0 Å². The van der Waals surface area contributed by atoms with Crippen molar-refractivity contribution in [3.63, 3.8) is 0 Å². The highest BCUT2D eigenvalue weighted by Gasteiger charge is 2.12. The van der Waals surface area contributed by atoms with Gasteiger partial charge in [-0.1, -0.05) is 41.1 Å². The van der Waals surface area contributed by atoms with Crippen molar-refractivity contribution in [2.75, 3.05) is 0 Å². The maximum Gasteiger partial charge on any atom is 0.143 e. The van der Waals surface area contributed by atoms with E-state index in [0.717, 1.165) is 34.4 Å². The summed E-state index contributed by atoms with van der Waals surface area (Å²) in [4.78, 5) is 12.2. The number of halogens is 1. The minimum absolute atomic E-state index is 0.217. The van der Waals surface area contributed by atoms with E-state index in [4.69, 9.17) is 0 Å². The Kier molecular flexibility index (Phi) is 5.12. The van der Waals surface area contributed by atoms with Gasteiger partial charge in [-0.15, -0.1) is 0 Å². The number of benzene rings is 1. The van der Waals surface area contributed by atoms with E-state index >= 15 is 0 Å². The topological polar surface area (TPSA) is 34.9 Å². The second-order valence-corrected chi connectivity index (χ2v) is 5.63. The summed E-state index contributed by atoms with van der Waals surface area (Å²) in [7, 11) is 0. The van der Waals surface area contributed by atoms with E-state index in [1.54, 1.807) is 0 Å². The second kappa shape index (κ2) is 6.84. The highest BCUT2D eigenvalue weighted by molar-refractivity contribution is 9.10. The highest BCUT2D eigenvalue weighted by atomic mass is 79.9. The van der Waals surface area contributed by atoms with Gasteiger partial charge in [0.2, 0.25) is 0 Å². The van der Waals surface area contributed by atoms with Gasteiger partial charge in [0.25, 0.3) is 0 Å². The molecule has 2 aromatic rings. The van der Waals surface area contributed by atoms with Crippen LogP contribution in [-0.4, -0.2) is 15.6 Å². The molecular weight excluding hydrogens is 316 g/mol. The number of ketones is 1. The third kappa shape index (κ3) is 3.57. The predicted molar refractivity (Wildman–Crippen MR) is 83.8 cm³/mol. The first kappa shape index (κ1) is 15.0. The van der Waals surface area contributed by atoms with Crippen molar-refractivity contribution in [3.8, 4) is 0 Å².